The van der Waals surface area contributed by atoms with Gasteiger partial charge in [-0.2, -0.15) is 0 Å². The fourth-order valence-corrected chi connectivity index (χ4v) is 1.75. The molecule has 0 saturated heterocycles. The summed E-state index contributed by atoms with van der Waals surface area (Å²) >= 11 is 5.86. The Hall–Kier alpha value is -1.48. The Balaban J connectivity index is 3.50. The Kier molecular flexibility index (Phi) is 3.96. The molecule has 16 heavy (non-hydrogen) atoms. The van der Waals surface area contributed by atoms with E-state index < -0.39 is 5.97 Å². The van der Waals surface area contributed by atoms with Gasteiger partial charge in [0.1, 0.15) is 0 Å². The first-order valence-corrected chi connectivity index (χ1v) is 5.29. The van der Waals surface area contributed by atoms with Crippen molar-refractivity contribution in [3.63, 3.8) is 0 Å². The van der Waals surface area contributed by atoms with E-state index in [1.165, 1.54) is 6.07 Å². The van der Waals surface area contributed by atoms with Gasteiger partial charge in [-0.3, -0.25) is 0 Å². The quantitative estimate of drug-likeness (QED) is 0.878. The first-order valence-electron chi connectivity index (χ1n) is 4.91. The molecule has 0 aromatic heterocycles. The van der Waals surface area contributed by atoms with Crippen LogP contribution in [-0.4, -0.2) is 24.7 Å². The third-order valence-electron chi connectivity index (χ3n) is 2.41. The molecule has 86 valence electrons. The molecule has 0 atom stereocenters. The monoisotopic (exact) mass is 239 g/mol. The van der Waals surface area contributed by atoms with E-state index in [0.717, 1.165) is 5.56 Å². The average molecular weight is 240 g/mol. The molecular weight excluding hydrogens is 226 g/mol. The molecule has 0 bridgehead atoms. The zero-order valence-electron chi connectivity index (χ0n) is 9.33. The van der Waals surface area contributed by atoms with Gasteiger partial charge in [0.15, 0.2) is 0 Å². The van der Waals surface area contributed by atoms with Gasteiger partial charge in [0, 0.05) is 18.6 Å². The van der Waals surface area contributed by atoms with Crippen LogP contribution < -0.4 is 4.90 Å². The van der Waals surface area contributed by atoms with Crippen molar-refractivity contribution in [3.05, 3.63) is 34.9 Å². The molecule has 1 aromatic rings. The van der Waals surface area contributed by atoms with Gasteiger partial charge >= 0.3 is 5.97 Å². The molecule has 0 amide bonds. The van der Waals surface area contributed by atoms with Crippen molar-refractivity contribution in [1.82, 2.24) is 0 Å². The van der Waals surface area contributed by atoms with Crippen LogP contribution in [0, 0.1) is 0 Å². The van der Waals surface area contributed by atoms with Crippen molar-refractivity contribution in [3.8, 4) is 0 Å². The van der Waals surface area contributed by atoms with E-state index in [1.807, 2.05) is 18.9 Å². The Labute approximate surface area is 100.0 Å². The number of carboxylic acids is 1. The number of aromatic carboxylic acids is 1. The highest BCUT2D eigenvalue weighted by Gasteiger charge is 2.16. The third kappa shape index (κ3) is 2.36. The third-order valence-corrected chi connectivity index (χ3v) is 2.63. The normalized spacial score (nSPS) is 9.94. The molecule has 0 fully saturated rings. The lowest BCUT2D eigenvalue weighted by Gasteiger charge is -2.22. The second-order valence-electron chi connectivity index (χ2n) is 3.41. The largest absolute Gasteiger partial charge is 0.478 e. The average Bonchev–Trinajstić information content (AvgIpc) is 2.26. The highest BCUT2D eigenvalue weighted by molar-refractivity contribution is 6.31. The zero-order valence-corrected chi connectivity index (χ0v) is 10.1. The highest BCUT2D eigenvalue weighted by atomic mass is 35.5. The van der Waals surface area contributed by atoms with Gasteiger partial charge in [-0.15, -0.1) is 0 Å². The Bertz CT molecular complexity index is 429. The second kappa shape index (κ2) is 5.03. The van der Waals surface area contributed by atoms with E-state index in [2.05, 4.69) is 6.58 Å². The number of rotatable bonds is 4. The molecular formula is C12H14ClNO2. The predicted molar refractivity (Wildman–Crippen MR) is 67.4 cm³/mol. The van der Waals surface area contributed by atoms with Crippen molar-refractivity contribution >= 4 is 29.3 Å². The number of carboxylic acid groups (broad SMARTS) is 1. The van der Waals surface area contributed by atoms with Gasteiger partial charge in [-0.25, -0.2) is 4.79 Å². The number of halogens is 1. The summed E-state index contributed by atoms with van der Waals surface area (Å²) in [7, 11) is 1.84. The van der Waals surface area contributed by atoms with Crippen molar-refractivity contribution < 1.29 is 9.90 Å². The minimum atomic E-state index is -0.985. The van der Waals surface area contributed by atoms with Gasteiger partial charge in [0.25, 0.3) is 0 Å². The summed E-state index contributed by atoms with van der Waals surface area (Å²) in [6, 6.07) is 3.17. The van der Waals surface area contributed by atoms with E-state index in [0.29, 0.717) is 17.3 Å². The van der Waals surface area contributed by atoms with Gasteiger partial charge in [0.2, 0.25) is 0 Å². The summed E-state index contributed by atoms with van der Waals surface area (Å²) in [6.07, 6.45) is 1.61. The lowest BCUT2D eigenvalue weighted by atomic mass is 10.1. The van der Waals surface area contributed by atoms with Crippen molar-refractivity contribution in [2.75, 3.05) is 18.5 Å². The lowest BCUT2D eigenvalue weighted by Crippen LogP contribution is -2.20. The topological polar surface area (TPSA) is 40.5 Å². The summed E-state index contributed by atoms with van der Waals surface area (Å²) in [4.78, 5) is 13.0. The number of nitrogens with zero attached hydrogens (tertiary/aromatic N) is 1. The Morgan fingerprint density at radius 2 is 2.25 bits per heavy atom. The molecule has 1 N–H and O–H groups in total. The summed E-state index contributed by atoms with van der Waals surface area (Å²) in [6.45, 7) is 6.33. The maximum Gasteiger partial charge on any atom is 0.337 e. The van der Waals surface area contributed by atoms with E-state index in [1.54, 1.807) is 12.1 Å². The fourth-order valence-electron chi connectivity index (χ4n) is 1.52. The molecule has 0 spiro atoms. The van der Waals surface area contributed by atoms with Crippen LogP contribution in [0.5, 0.6) is 0 Å². The summed E-state index contributed by atoms with van der Waals surface area (Å²) < 4.78 is 0. The molecule has 0 radical (unpaired) electrons. The smallest absolute Gasteiger partial charge is 0.337 e. The number of hydrogen-bond donors (Lipinski definition) is 1. The molecule has 4 heteroatoms. The number of hydrogen-bond acceptors (Lipinski definition) is 2. The minimum absolute atomic E-state index is 0.201. The number of carbonyl (C=O) groups is 1. The first kappa shape index (κ1) is 12.6. The number of anilines is 1. The van der Waals surface area contributed by atoms with Gasteiger partial charge in [-0.1, -0.05) is 24.3 Å². The Morgan fingerprint density at radius 1 is 1.62 bits per heavy atom. The van der Waals surface area contributed by atoms with E-state index >= 15 is 0 Å². The SMILES string of the molecule is C=Cc1cc(Cl)cc(C(=O)O)c1N(C)CC. The second-order valence-corrected chi connectivity index (χ2v) is 3.85. The summed E-state index contributed by atoms with van der Waals surface area (Å²) in [5.74, 6) is -0.985. The van der Waals surface area contributed by atoms with Gasteiger partial charge < -0.3 is 10.0 Å². The maximum atomic E-state index is 11.1. The molecule has 0 aliphatic carbocycles. The maximum absolute atomic E-state index is 11.1. The van der Waals surface area contributed by atoms with Crippen molar-refractivity contribution in [2.45, 2.75) is 6.92 Å². The van der Waals surface area contributed by atoms with Crippen LogP contribution in [0.15, 0.2) is 18.7 Å². The fraction of sp³-hybridized carbons (Fsp3) is 0.250. The highest BCUT2D eigenvalue weighted by Crippen LogP contribution is 2.29. The van der Waals surface area contributed by atoms with Crippen LogP contribution >= 0.6 is 11.6 Å². The van der Waals surface area contributed by atoms with Crippen LogP contribution in [0.4, 0.5) is 5.69 Å². The molecule has 1 rings (SSSR count). The van der Waals surface area contributed by atoms with Gasteiger partial charge in [0.05, 0.1) is 11.3 Å². The molecule has 0 aliphatic heterocycles. The van der Waals surface area contributed by atoms with Crippen molar-refractivity contribution in [1.29, 1.82) is 0 Å². The lowest BCUT2D eigenvalue weighted by molar-refractivity contribution is 0.0697. The number of benzene rings is 1. The minimum Gasteiger partial charge on any atom is -0.478 e. The molecule has 0 unspecified atom stereocenters. The van der Waals surface area contributed by atoms with E-state index in [9.17, 15) is 4.79 Å². The Morgan fingerprint density at radius 3 is 2.69 bits per heavy atom. The molecule has 1 aromatic carbocycles. The van der Waals surface area contributed by atoms with Crippen LogP contribution in [-0.2, 0) is 0 Å². The molecule has 0 saturated carbocycles. The summed E-state index contributed by atoms with van der Waals surface area (Å²) in [5.41, 5.74) is 1.58. The molecule has 3 nitrogen and oxygen atoms in total. The molecule has 0 aliphatic rings. The molecule has 0 heterocycles. The van der Waals surface area contributed by atoms with Crippen LogP contribution in [0.1, 0.15) is 22.8 Å². The summed E-state index contributed by atoms with van der Waals surface area (Å²) in [5, 5.41) is 9.54. The van der Waals surface area contributed by atoms with Gasteiger partial charge in [-0.05, 0) is 24.6 Å². The van der Waals surface area contributed by atoms with Crippen LogP contribution in [0.25, 0.3) is 6.08 Å². The predicted octanol–water partition coefficient (Wildman–Crippen LogP) is 3.14. The van der Waals surface area contributed by atoms with E-state index in [4.69, 9.17) is 16.7 Å². The first-order chi connectivity index (χ1) is 7.51. The van der Waals surface area contributed by atoms with Crippen LogP contribution in [0.3, 0.4) is 0 Å². The van der Waals surface area contributed by atoms with Crippen molar-refractivity contribution in [2.24, 2.45) is 0 Å². The van der Waals surface area contributed by atoms with E-state index in [-0.39, 0.29) is 5.56 Å². The zero-order chi connectivity index (χ0) is 12.3. The van der Waals surface area contributed by atoms with Crippen LogP contribution in [0.2, 0.25) is 5.02 Å². The standard InChI is InChI=1S/C12H14ClNO2/c1-4-8-6-9(13)7-10(12(15)16)11(8)14(3)5-2/h4,6-7H,1,5H2,2-3H3,(H,15,16).